The fourth-order valence-corrected chi connectivity index (χ4v) is 4.96. The zero-order valence-electron chi connectivity index (χ0n) is 16.0. The summed E-state index contributed by atoms with van der Waals surface area (Å²) in [5.41, 5.74) is -0.208. The predicted octanol–water partition coefficient (Wildman–Crippen LogP) is 4.47. The van der Waals surface area contributed by atoms with E-state index in [4.69, 9.17) is 4.42 Å². The molecule has 0 spiro atoms. The molecule has 0 bridgehead atoms. The van der Waals surface area contributed by atoms with Gasteiger partial charge in [0.25, 0.3) is 5.91 Å². The van der Waals surface area contributed by atoms with Crippen LogP contribution in [0, 0.1) is 12.7 Å². The third kappa shape index (κ3) is 3.41. The van der Waals surface area contributed by atoms with Crippen LogP contribution < -0.4 is 4.90 Å². The Kier molecular flexibility index (Phi) is 5.44. The van der Waals surface area contributed by atoms with Crippen molar-refractivity contribution in [1.29, 1.82) is 0 Å². The molecular weight excluding hydrogens is 429 g/mol. The smallest absolute Gasteiger partial charge is 0.296 e. The molecule has 1 N–H and O–H groups in total. The van der Waals surface area contributed by atoms with Crippen LogP contribution in [0.5, 0.6) is 0 Å². The van der Waals surface area contributed by atoms with E-state index >= 15 is 0 Å². The van der Waals surface area contributed by atoms with Crippen molar-refractivity contribution in [2.45, 2.75) is 24.2 Å². The van der Waals surface area contributed by atoms with Crippen molar-refractivity contribution in [1.82, 2.24) is 10.2 Å². The van der Waals surface area contributed by atoms with Gasteiger partial charge in [0.2, 0.25) is 10.9 Å². The van der Waals surface area contributed by atoms with E-state index in [-0.39, 0.29) is 22.0 Å². The minimum absolute atomic E-state index is 0.0514. The molecule has 30 heavy (non-hydrogen) atoms. The first-order valence-corrected chi connectivity index (χ1v) is 10.8. The fraction of sp³-hybridized carbons (Fsp3) is 0.200. The van der Waals surface area contributed by atoms with Crippen molar-refractivity contribution in [3.63, 3.8) is 0 Å². The molecule has 1 atom stereocenters. The molecule has 3 aromatic rings. The molecule has 0 saturated heterocycles. The Morgan fingerprint density at radius 2 is 2.07 bits per heavy atom. The lowest BCUT2D eigenvalue weighted by molar-refractivity contribution is -0.117. The van der Waals surface area contributed by atoms with Gasteiger partial charge >= 0.3 is 0 Å². The van der Waals surface area contributed by atoms with Gasteiger partial charge < -0.3 is 9.52 Å². The third-order valence-corrected chi connectivity index (χ3v) is 6.42. The van der Waals surface area contributed by atoms with Gasteiger partial charge in [-0.3, -0.25) is 14.5 Å². The number of aryl methyl sites for hydroxylation is 1. The summed E-state index contributed by atoms with van der Waals surface area (Å²) < 4.78 is 20.7. The molecule has 0 fully saturated rings. The van der Waals surface area contributed by atoms with Gasteiger partial charge in [-0.05, 0) is 30.9 Å². The summed E-state index contributed by atoms with van der Waals surface area (Å²) in [6.45, 7) is 3.62. The normalized spacial score (nSPS) is 16.6. The van der Waals surface area contributed by atoms with Crippen LogP contribution in [0.25, 0.3) is 0 Å². The number of ketones is 1. The summed E-state index contributed by atoms with van der Waals surface area (Å²) in [4.78, 5) is 27.2. The highest BCUT2D eigenvalue weighted by molar-refractivity contribution is 8.01. The molecule has 0 saturated carbocycles. The van der Waals surface area contributed by atoms with Gasteiger partial charge in [-0.1, -0.05) is 48.2 Å². The van der Waals surface area contributed by atoms with Crippen molar-refractivity contribution < 1.29 is 23.5 Å². The maximum Gasteiger partial charge on any atom is 0.296 e. The highest BCUT2D eigenvalue weighted by atomic mass is 32.2. The van der Waals surface area contributed by atoms with Crippen LogP contribution in [0.2, 0.25) is 0 Å². The second-order valence-electron chi connectivity index (χ2n) is 6.38. The van der Waals surface area contributed by atoms with Crippen molar-refractivity contribution >= 4 is 39.9 Å². The largest absolute Gasteiger partial charge is 0.503 e. The van der Waals surface area contributed by atoms with Gasteiger partial charge in [0.05, 0.1) is 5.57 Å². The summed E-state index contributed by atoms with van der Waals surface area (Å²) in [6.07, 6.45) is 0. The first-order chi connectivity index (χ1) is 14.4. The molecule has 1 aliphatic heterocycles. The van der Waals surface area contributed by atoms with Crippen molar-refractivity contribution in [2.75, 3.05) is 10.7 Å². The van der Waals surface area contributed by atoms with E-state index in [1.807, 2.05) is 6.92 Å². The standard InChI is InChI=1S/C20H16FN3O4S2/c1-3-29-20-23-22-19(30-20)24-15(11-6-4-5-7-12(11)21)14(17(26)18(24)27)16(25)13-9-8-10(2)28-13/h4-9,15,26H,3H2,1-2H3. The Balaban J connectivity index is 1.86. The van der Waals surface area contributed by atoms with Gasteiger partial charge in [0, 0.05) is 5.56 Å². The van der Waals surface area contributed by atoms with Gasteiger partial charge in [-0.15, -0.1) is 10.2 Å². The number of carbonyl (C=O) groups excluding carboxylic acids is 2. The van der Waals surface area contributed by atoms with Gasteiger partial charge in [-0.25, -0.2) is 4.39 Å². The summed E-state index contributed by atoms with van der Waals surface area (Å²) in [7, 11) is 0. The summed E-state index contributed by atoms with van der Waals surface area (Å²) >= 11 is 2.57. The van der Waals surface area contributed by atoms with E-state index in [0.717, 1.165) is 22.0 Å². The number of carbonyl (C=O) groups is 2. The molecular formula is C20H16FN3O4S2. The first-order valence-electron chi connectivity index (χ1n) is 9.01. The molecule has 0 radical (unpaired) electrons. The van der Waals surface area contributed by atoms with Crippen LogP contribution in [0.3, 0.4) is 0 Å². The predicted molar refractivity (Wildman–Crippen MR) is 110 cm³/mol. The molecule has 1 aromatic carbocycles. The molecule has 0 aliphatic carbocycles. The Morgan fingerprint density at radius 3 is 2.73 bits per heavy atom. The maximum atomic E-state index is 14.7. The highest BCUT2D eigenvalue weighted by Gasteiger charge is 2.47. The van der Waals surface area contributed by atoms with Crippen LogP contribution in [-0.2, 0) is 4.79 Å². The van der Waals surface area contributed by atoms with E-state index < -0.39 is 29.3 Å². The lowest BCUT2D eigenvalue weighted by Gasteiger charge is -2.24. The van der Waals surface area contributed by atoms with Crippen molar-refractivity contribution in [2.24, 2.45) is 0 Å². The number of benzene rings is 1. The number of thioether (sulfide) groups is 1. The van der Waals surface area contributed by atoms with Gasteiger partial charge in [0.15, 0.2) is 15.9 Å². The number of aromatic nitrogens is 2. The number of hydrogen-bond acceptors (Lipinski definition) is 8. The molecule has 1 unspecified atom stereocenters. The first kappa shape index (κ1) is 20.3. The average Bonchev–Trinajstić information content (AvgIpc) is 3.42. The molecule has 154 valence electrons. The zero-order chi connectivity index (χ0) is 21.4. The monoisotopic (exact) mass is 445 g/mol. The quantitative estimate of drug-likeness (QED) is 0.340. The number of hydrogen-bond donors (Lipinski definition) is 1. The molecule has 10 heteroatoms. The minimum Gasteiger partial charge on any atom is -0.503 e. The number of Topliss-reactive ketones (excluding diaryl/α,β-unsaturated/α-hetero) is 1. The SMILES string of the molecule is CCSc1nnc(N2C(=O)C(O)=C(C(=O)c3ccc(C)o3)C2c2ccccc2F)s1. The van der Waals surface area contributed by atoms with Crippen LogP contribution in [-0.4, -0.2) is 32.7 Å². The second-order valence-corrected chi connectivity index (χ2v) is 8.85. The molecule has 4 rings (SSSR count). The van der Waals surface area contributed by atoms with E-state index in [9.17, 15) is 19.1 Å². The van der Waals surface area contributed by atoms with Crippen LogP contribution in [0.1, 0.15) is 34.8 Å². The second kappa shape index (κ2) is 8.04. The molecule has 7 nitrogen and oxygen atoms in total. The van der Waals surface area contributed by atoms with E-state index in [2.05, 4.69) is 10.2 Å². The van der Waals surface area contributed by atoms with Crippen LogP contribution >= 0.6 is 23.1 Å². The fourth-order valence-electron chi connectivity index (χ4n) is 3.20. The Hall–Kier alpha value is -2.98. The lowest BCUT2D eigenvalue weighted by Crippen LogP contribution is -2.31. The summed E-state index contributed by atoms with van der Waals surface area (Å²) in [5, 5.41) is 18.8. The molecule has 1 aliphatic rings. The number of rotatable bonds is 6. The summed E-state index contributed by atoms with van der Waals surface area (Å²) in [5.74, 6) is -1.73. The van der Waals surface area contributed by atoms with Crippen molar-refractivity contribution in [3.05, 3.63) is 70.6 Å². The number of furan rings is 1. The summed E-state index contributed by atoms with van der Waals surface area (Å²) in [6, 6.07) is 7.62. The molecule has 1 amide bonds. The average molecular weight is 445 g/mol. The van der Waals surface area contributed by atoms with E-state index in [1.54, 1.807) is 19.1 Å². The number of aliphatic hydroxyl groups is 1. The zero-order valence-corrected chi connectivity index (χ0v) is 17.6. The van der Waals surface area contributed by atoms with Gasteiger partial charge in [0.1, 0.15) is 17.6 Å². The molecule has 2 aromatic heterocycles. The number of aliphatic hydroxyl groups excluding tert-OH is 1. The third-order valence-electron chi connectivity index (χ3n) is 4.49. The minimum atomic E-state index is -1.20. The lowest BCUT2D eigenvalue weighted by atomic mass is 9.95. The number of halogens is 1. The number of nitrogens with zero attached hydrogens (tertiary/aromatic N) is 3. The molecule has 3 heterocycles. The highest BCUT2D eigenvalue weighted by Crippen LogP contribution is 2.44. The Morgan fingerprint density at radius 1 is 1.30 bits per heavy atom. The Bertz CT molecular complexity index is 1170. The van der Waals surface area contributed by atoms with Gasteiger partial charge in [-0.2, -0.15) is 0 Å². The number of amides is 1. The van der Waals surface area contributed by atoms with Crippen LogP contribution in [0.15, 0.2) is 56.5 Å². The van der Waals surface area contributed by atoms with Crippen molar-refractivity contribution in [3.8, 4) is 0 Å². The van der Waals surface area contributed by atoms with E-state index in [0.29, 0.717) is 10.1 Å². The Labute approximate surface area is 179 Å². The topological polar surface area (TPSA) is 96.5 Å². The van der Waals surface area contributed by atoms with E-state index in [1.165, 1.54) is 36.0 Å². The number of anilines is 1. The van der Waals surface area contributed by atoms with Crippen LogP contribution in [0.4, 0.5) is 9.52 Å². The maximum absolute atomic E-state index is 14.7.